The molecule has 5 aromatic rings. The highest BCUT2D eigenvalue weighted by Crippen LogP contribution is 2.30. The third kappa shape index (κ3) is 3.68. The van der Waals surface area contributed by atoms with Crippen LogP contribution in [0, 0.1) is 0 Å². The van der Waals surface area contributed by atoms with Crippen molar-refractivity contribution in [3.63, 3.8) is 0 Å². The maximum absolute atomic E-state index is 12.8. The Balaban J connectivity index is 1.18. The minimum absolute atomic E-state index is 0.321. The van der Waals surface area contributed by atoms with Gasteiger partial charge in [0.1, 0.15) is 0 Å². The molecule has 3 amide bonds. The van der Waals surface area contributed by atoms with Gasteiger partial charge in [0.2, 0.25) is 0 Å². The predicted molar refractivity (Wildman–Crippen MR) is 137 cm³/mol. The molecule has 1 aliphatic rings. The van der Waals surface area contributed by atoms with Crippen LogP contribution in [-0.2, 0) is 0 Å². The van der Waals surface area contributed by atoms with Crippen LogP contribution in [0.2, 0.25) is 0 Å². The zero-order valence-corrected chi connectivity index (χ0v) is 19.1. The summed E-state index contributed by atoms with van der Waals surface area (Å²) >= 11 is 1.35. The van der Waals surface area contributed by atoms with Crippen LogP contribution in [0.3, 0.4) is 0 Å². The molecule has 35 heavy (non-hydrogen) atoms. The second kappa shape index (κ2) is 8.30. The Bertz CT molecular complexity index is 1600. The molecule has 0 saturated carbocycles. The molecule has 168 valence electrons. The lowest BCUT2D eigenvalue weighted by molar-refractivity contribution is 0.0925. The van der Waals surface area contributed by atoms with Crippen LogP contribution >= 0.6 is 11.3 Å². The summed E-state index contributed by atoms with van der Waals surface area (Å²) in [6, 6.07) is 27.4. The standard InChI is InChI=1S/C28H17N3O3S/c32-25(30-28-29-24(16-35-28)20-10-9-17-5-1-2-6-19(17)15-20)18-11-13-21(14-12-18)31-26(33)22-7-3-4-8-23(22)27(31)34/h1-16H,(H,29,30,32). The van der Waals surface area contributed by atoms with Crippen molar-refractivity contribution in [3.8, 4) is 11.3 Å². The van der Waals surface area contributed by atoms with Crippen LogP contribution in [0.1, 0.15) is 31.1 Å². The highest BCUT2D eigenvalue weighted by Gasteiger charge is 2.36. The number of nitrogens with one attached hydrogen (secondary N) is 1. The van der Waals surface area contributed by atoms with Gasteiger partial charge in [0.25, 0.3) is 17.7 Å². The van der Waals surface area contributed by atoms with Gasteiger partial charge in [-0.15, -0.1) is 11.3 Å². The summed E-state index contributed by atoms with van der Waals surface area (Å²) in [6.45, 7) is 0. The first-order valence-corrected chi connectivity index (χ1v) is 11.8. The van der Waals surface area contributed by atoms with Gasteiger partial charge in [-0.3, -0.25) is 19.7 Å². The third-order valence-electron chi connectivity index (χ3n) is 5.95. The maximum atomic E-state index is 12.8. The first-order chi connectivity index (χ1) is 17.1. The van der Waals surface area contributed by atoms with Crippen molar-refractivity contribution < 1.29 is 14.4 Å². The SMILES string of the molecule is O=C(Nc1nc(-c2ccc3ccccc3c2)cs1)c1ccc(N2C(=O)c3ccccc3C2=O)cc1. The fraction of sp³-hybridized carbons (Fsp3) is 0. The largest absolute Gasteiger partial charge is 0.298 e. The molecular formula is C28H17N3O3S. The summed E-state index contributed by atoms with van der Waals surface area (Å²) in [7, 11) is 0. The van der Waals surface area contributed by atoms with Gasteiger partial charge in [-0.05, 0) is 53.2 Å². The number of aromatic nitrogens is 1. The number of amides is 3. The van der Waals surface area contributed by atoms with Crippen molar-refractivity contribution in [2.45, 2.75) is 0 Å². The second-order valence-corrected chi connectivity index (χ2v) is 8.95. The molecule has 4 aromatic carbocycles. The number of anilines is 2. The lowest BCUT2D eigenvalue weighted by Crippen LogP contribution is -2.29. The van der Waals surface area contributed by atoms with E-state index in [4.69, 9.17) is 0 Å². The van der Waals surface area contributed by atoms with Gasteiger partial charge in [-0.1, -0.05) is 48.5 Å². The fourth-order valence-corrected chi connectivity index (χ4v) is 4.88. The van der Waals surface area contributed by atoms with Crippen molar-refractivity contribution in [2.24, 2.45) is 0 Å². The molecule has 0 aliphatic carbocycles. The van der Waals surface area contributed by atoms with Gasteiger partial charge in [0, 0.05) is 16.5 Å². The Morgan fingerprint density at radius 2 is 1.43 bits per heavy atom. The summed E-state index contributed by atoms with van der Waals surface area (Å²) in [5.41, 5.74) is 3.34. The normalized spacial score (nSPS) is 12.7. The molecule has 1 aliphatic heterocycles. The minimum atomic E-state index is -0.369. The number of rotatable bonds is 4. The van der Waals surface area contributed by atoms with Gasteiger partial charge in [-0.2, -0.15) is 0 Å². The van der Waals surface area contributed by atoms with E-state index in [-0.39, 0.29) is 17.7 Å². The first-order valence-electron chi connectivity index (χ1n) is 10.9. The van der Waals surface area contributed by atoms with Gasteiger partial charge in [-0.25, -0.2) is 9.88 Å². The average molecular weight is 476 g/mol. The van der Waals surface area contributed by atoms with E-state index in [1.54, 1.807) is 48.5 Å². The molecule has 2 heterocycles. The topological polar surface area (TPSA) is 79.4 Å². The van der Waals surface area contributed by atoms with E-state index in [9.17, 15) is 14.4 Å². The monoisotopic (exact) mass is 475 g/mol. The number of thiazole rings is 1. The predicted octanol–water partition coefficient (Wildman–Crippen LogP) is 6.02. The number of carbonyl (C=O) groups is 3. The molecule has 0 unspecified atom stereocenters. The van der Waals surface area contributed by atoms with E-state index in [0.29, 0.717) is 27.5 Å². The number of carbonyl (C=O) groups excluding carboxylic acids is 3. The Morgan fingerprint density at radius 3 is 2.14 bits per heavy atom. The Labute approximate surface area is 204 Å². The first kappa shape index (κ1) is 20.9. The average Bonchev–Trinajstić information content (AvgIpc) is 3.46. The molecule has 1 aromatic heterocycles. The maximum Gasteiger partial charge on any atom is 0.266 e. The summed E-state index contributed by atoms with van der Waals surface area (Å²) in [5, 5.41) is 7.51. The number of fused-ring (bicyclic) bond motifs is 2. The lowest BCUT2D eigenvalue weighted by Gasteiger charge is -2.14. The third-order valence-corrected chi connectivity index (χ3v) is 6.71. The van der Waals surface area contributed by atoms with Crippen LogP contribution in [0.4, 0.5) is 10.8 Å². The molecule has 6 rings (SSSR count). The number of benzene rings is 4. The van der Waals surface area contributed by atoms with Crippen LogP contribution in [0.5, 0.6) is 0 Å². The van der Waals surface area contributed by atoms with Crippen molar-refractivity contribution in [3.05, 3.63) is 113 Å². The van der Waals surface area contributed by atoms with Crippen LogP contribution in [0.25, 0.3) is 22.0 Å². The summed E-state index contributed by atoms with van der Waals surface area (Å²) in [4.78, 5) is 43.8. The van der Waals surface area contributed by atoms with E-state index >= 15 is 0 Å². The van der Waals surface area contributed by atoms with Crippen LogP contribution < -0.4 is 10.2 Å². The van der Waals surface area contributed by atoms with E-state index in [2.05, 4.69) is 34.6 Å². The fourth-order valence-electron chi connectivity index (χ4n) is 4.17. The zero-order valence-electron chi connectivity index (χ0n) is 18.3. The summed E-state index contributed by atoms with van der Waals surface area (Å²) in [5.74, 6) is -1.06. The molecule has 0 saturated heterocycles. The van der Waals surface area contributed by atoms with Crippen LogP contribution in [0.15, 0.2) is 96.4 Å². The molecule has 0 spiro atoms. The minimum Gasteiger partial charge on any atom is -0.298 e. The smallest absolute Gasteiger partial charge is 0.266 e. The van der Waals surface area contributed by atoms with Gasteiger partial charge in [0.15, 0.2) is 5.13 Å². The molecule has 6 nitrogen and oxygen atoms in total. The van der Waals surface area contributed by atoms with Crippen molar-refractivity contribution in [2.75, 3.05) is 10.2 Å². The van der Waals surface area contributed by atoms with Crippen molar-refractivity contribution in [1.29, 1.82) is 0 Å². The summed E-state index contributed by atoms with van der Waals surface area (Å²) < 4.78 is 0. The number of hydrogen-bond acceptors (Lipinski definition) is 5. The molecule has 0 fully saturated rings. The van der Waals surface area contributed by atoms with E-state index < -0.39 is 0 Å². The molecule has 1 N–H and O–H groups in total. The second-order valence-electron chi connectivity index (χ2n) is 8.09. The highest BCUT2D eigenvalue weighted by molar-refractivity contribution is 7.14. The Kier molecular flexibility index (Phi) is 4.97. The Hall–Kier alpha value is -4.62. The molecule has 7 heteroatoms. The van der Waals surface area contributed by atoms with Crippen molar-refractivity contribution >= 4 is 50.6 Å². The molecular weight excluding hydrogens is 458 g/mol. The molecule has 0 bridgehead atoms. The van der Waals surface area contributed by atoms with Gasteiger partial charge >= 0.3 is 0 Å². The van der Waals surface area contributed by atoms with Gasteiger partial charge in [0.05, 0.1) is 22.5 Å². The van der Waals surface area contributed by atoms with Crippen molar-refractivity contribution in [1.82, 2.24) is 4.98 Å². The lowest BCUT2D eigenvalue weighted by atomic mass is 10.1. The number of hydrogen-bond donors (Lipinski definition) is 1. The van der Waals surface area contributed by atoms with E-state index in [0.717, 1.165) is 26.9 Å². The Morgan fingerprint density at radius 1 is 0.771 bits per heavy atom. The zero-order chi connectivity index (χ0) is 23.9. The van der Waals surface area contributed by atoms with Crippen LogP contribution in [-0.4, -0.2) is 22.7 Å². The van der Waals surface area contributed by atoms with Gasteiger partial charge < -0.3 is 0 Å². The van der Waals surface area contributed by atoms with E-state index in [1.807, 2.05) is 23.6 Å². The number of imide groups is 1. The number of nitrogens with zero attached hydrogens (tertiary/aromatic N) is 2. The highest BCUT2D eigenvalue weighted by atomic mass is 32.1. The summed E-state index contributed by atoms with van der Waals surface area (Å²) in [6.07, 6.45) is 0. The molecule has 0 atom stereocenters. The molecule has 0 radical (unpaired) electrons. The van der Waals surface area contributed by atoms with E-state index in [1.165, 1.54) is 11.3 Å². The quantitative estimate of drug-likeness (QED) is 0.323.